The number of carbonyl (C=O) groups is 2. The second kappa shape index (κ2) is 3.77. The normalized spacial score (nSPS) is 11.5. The molecule has 76 valence electrons. The number of amides is 1. The van der Waals surface area contributed by atoms with Crippen molar-refractivity contribution in [3.8, 4) is 0 Å². The summed E-state index contributed by atoms with van der Waals surface area (Å²) < 4.78 is 0. The van der Waals surface area contributed by atoms with Crippen LogP contribution in [0.15, 0.2) is 0 Å². The monoisotopic (exact) mass is 187 g/mol. The summed E-state index contributed by atoms with van der Waals surface area (Å²) in [6, 6.07) is 0. The van der Waals surface area contributed by atoms with Gasteiger partial charge < -0.3 is 10.0 Å². The molecule has 0 aromatic rings. The Morgan fingerprint density at radius 2 is 1.69 bits per heavy atom. The fraction of sp³-hybridized carbons (Fsp3) is 0.778. The number of carboxylic acids is 1. The highest BCUT2D eigenvalue weighted by Crippen LogP contribution is 2.15. The summed E-state index contributed by atoms with van der Waals surface area (Å²) in [6.45, 7) is 6.51. The average molecular weight is 187 g/mol. The summed E-state index contributed by atoms with van der Waals surface area (Å²) in [5.74, 6) is -1.33. The molecule has 0 radical (unpaired) electrons. The van der Waals surface area contributed by atoms with Crippen molar-refractivity contribution in [3.05, 3.63) is 0 Å². The van der Waals surface area contributed by atoms with Gasteiger partial charge in [-0.25, -0.2) is 4.79 Å². The standard InChI is InChI=1S/C9H17NO3/c1-6(2)7(11)10(5)9(3,4)8(12)13/h6H,1-5H3,(H,12,13). The lowest BCUT2D eigenvalue weighted by Gasteiger charge is -2.32. The zero-order valence-corrected chi connectivity index (χ0v) is 8.79. The number of likely N-dealkylation sites (N-methyl/N-ethyl adjacent to an activating group) is 1. The van der Waals surface area contributed by atoms with Crippen molar-refractivity contribution in [2.75, 3.05) is 7.05 Å². The first-order valence-corrected chi connectivity index (χ1v) is 4.22. The second-order valence-electron chi connectivity index (χ2n) is 3.92. The Labute approximate surface area is 78.5 Å². The Morgan fingerprint density at radius 1 is 1.31 bits per heavy atom. The highest BCUT2D eigenvalue weighted by molar-refractivity contribution is 5.86. The van der Waals surface area contributed by atoms with E-state index in [1.54, 1.807) is 13.8 Å². The Bertz CT molecular complexity index is 221. The number of carboxylic acid groups (broad SMARTS) is 1. The van der Waals surface area contributed by atoms with Crippen LogP contribution in [0.2, 0.25) is 0 Å². The van der Waals surface area contributed by atoms with E-state index in [1.165, 1.54) is 25.8 Å². The summed E-state index contributed by atoms with van der Waals surface area (Å²) in [5.41, 5.74) is -1.14. The number of rotatable bonds is 3. The van der Waals surface area contributed by atoms with E-state index >= 15 is 0 Å². The average Bonchev–Trinajstić information content (AvgIpc) is 2.01. The van der Waals surface area contributed by atoms with Crippen molar-refractivity contribution in [3.63, 3.8) is 0 Å². The molecule has 1 amide bonds. The zero-order valence-electron chi connectivity index (χ0n) is 8.79. The first-order chi connectivity index (χ1) is 5.71. The molecule has 0 saturated carbocycles. The van der Waals surface area contributed by atoms with Crippen LogP contribution >= 0.6 is 0 Å². The number of aliphatic carboxylic acids is 1. The molecule has 0 saturated heterocycles. The van der Waals surface area contributed by atoms with Crippen molar-refractivity contribution < 1.29 is 14.7 Å². The molecular formula is C9H17NO3. The van der Waals surface area contributed by atoms with E-state index in [1.807, 2.05) is 0 Å². The molecule has 0 heterocycles. The summed E-state index contributed by atoms with van der Waals surface area (Å²) in [5, 5.41) is 8.85. The Balaban J connectivity index is 4.68. The molecule has 0 aliphatic heterocycles. The highest BCUT2D eigenvalue weighted by atomic mass is 16.4. The molecule has 0 atom stereocenters. The molecule has 0 aliphatic rings. The highest BCUT2D eigenvalue weighted by Gasteiger charge is 2.35. The quantitative estimate of drug-likeness (QED) is 0.716. The molecule has 0 bridgehead atoms. The van der Waals surface area contributed by atoms with Crippen molar-refractivity contribution in [2.24, 2.45) is 5.92 Å². The van der Waals surface area contributed by atoms with E-state index in [0.29, 0.717) is 0 Å². The van der Waals surface area contributed by atoms with Crippen molar-refractivity contribution in [1.82, 2.24) is 4.90 Å². The number of hydrogen-bond acceptors (Lipinski definition) is 2. The number of nitrogens with zero attached hydrogens (tertiary/aromatic N) is 1. The summed E-state index contributed by atoms with van der Waals surface area (Å²) in [4.78, 5) is 23.5. The molecule has 0 spiro atoms. The fourth-order valence-electron chi connectivity index (χ4n) is 0.806. The maximum absolute atomic E-state index is 11.5. The molecule has 13 heavy (non-hydrogen) atoms. The van der Waals surface area contributed by atoms with Crippen LogP contribution in [0.1, 0.15) is 27.7 Å². The molecule has 0 aromatic carbocycles. The van der Waals surface area contributed by atoms with E-state index in [0.717, 1.165) is 0 Å². The van der Waals surface area contributed by atoms with E-state index in [-0.39, 0.29) is 11.8 Å². The minimum Gasteiger partial charge on any atom is -0.480 e. The van der Waals surface area contributed by atoms with Crippen LogP contribution in [0.4, 0.5) is 0 Å². The predicted octanol–water partition coefficient (Wildman–Crippen LogP) is 0.964. The summed E-state index contributed by atoms with van der Waals surface area (Å²) >= 11 is 0. The van der Waals surface area contributed by atoms with Crippen molar-refractivity contribution >= 4 is 11.9 Å². The summed E-state index contributed by atoms with van der Waals surface area (Å²) in [6.07, 6.45) is 0. The van der Waals surface area contributed by atoms with Crippen LogP contribution < -0.4 is 0 Å². The van der Waals surface area contributed by atoms with E-state index < -0.39 is 11.5 Å². The van der Waals surface area contributed by atoms with Gasteiger partial charge in [-0.2, -0.15) is 0 Å². The molecule has 0 aromatic heterocycles. The SMILES string of the molecule is CC(C)C(=O)N(C)C(C)(C)C(=O)O. The number of carbonyl (C=O) groups excluding carboxylic acids is 1. The first kappa shape index (κ1) is 11.9. The van der Waals surface area contributed by atoms with Gasteiger partial charge in [-0.05, 0) is 13.8 Å². The molecule has 0 unspecified atom stereocenters. The smallest absolute Gasteiger partial charge is 0.329 e. The van der Waals surface area contributed by atoms with Crippen LogP contribution in [0.25, 0.3) is 0 Å². The minimum absolute atomic E-state index is 0.160. The van der Waals surface area contributed by atoms with Gasteiger partial charge in [0, 0.05) is 13.0 Å². The van der Waals surface area contributed by atoms with Crippen molar-refractivity contribution in [1.29, 1.82) is 0 Å². The van der Waals surface area contributed by atoms with Crippen LogP contribution in [-0.2, 0) is 9.59 Å². The molecular weight excluding hydrogens is 170 g/mol. The second-order valence-corrected chi connectivity index (χ2v) is 3.92. The van der Waals surface area contributed by atoms with Crippen LogP contribution in [0, 0.1) is 5.92 Å². The van der Waals surface area contributed by atoms with Gasteiger partial charge in [0.1, 0.15) is 5.54 Å². The molecule has 4 heteroatoms. The van der Waals surface area contributed by atoms with Crippen LogP contribution in [-0.4, -0.2) is 34.5 Å². The lowest BCUT2D eigenvalue weighted by molar-refractivity contribution is -0.156. The van der Waals surface area contributed by atoms with E-state index in [4.69, 9.17) is 5.11 Å². The molecule has 0 aliphatic carbocycles. The van der Waals surface area contributed by atoms with E-state index in [9.17, 15) is 9.59 Å². The maximum atomic E-state index is 11.5. The molecule has 0 fully saturated rings. The Morgan fingerprint density at radius 3 is 1.92 bits per heavy atom. The third-order valence-corrected chi connectivity index (χ3v) is 2.19. The minimum atomic E-state index is -1.14. The predicted molar refractivity (Wildman–Crippen MR) is 49.3 cm³/mol. The Hall–Kier alpha value is -1.06. The van der Waals surface area contributed by atoms with Gasteiger partial charge in [-0.1, -0.05) is 13.8 Å². The fourth-order valence-corrected chi connectivity index (χ4v) is 0.806. The zero-order chi connectivity index (χ0) is 10.8. The van der Waals surface area contributed by atoms with Gasteiger partial charge in [0.15, 0.2) is 0 Å². The first-order valence-electron chi connectivity index (χ1n) is 4.22. The summed E-state index contributed by atoms with van der Waals surface area (Å²) in [7, 11) is 1.51. The topological polar surface area (TPSA) is 57.6 Å². The van der Waals surface area contributed by atoms with Gasteiger partial charge in [-0.15, -0.1) is 0 Å². The lowest BCUT2D eigenvalue weighted by atomic mass is 10.0. The van der Waals surface area contributed by atoms with Gasteiger partial charge in [0.05, 0.1) is 0 Å². The van der Waals surface area contributed by atoms with Crippen molar-refractivity contribution in [2.45, 2.75) is 33.2 Å². The van der Waals surface area contributed by atoms with Gasteiger partial charge in [-0.3, -0.25) is 4.79 Å². The van der Waals surface area contributed by atoms with Crippen LogP contribution in [0.3, 0.4) is 0 Å². The third kappa shape index (κ3) is 2.44. The third-order valence-electron chi connectivity index (χ3n) is 2.19. The molecule has 1 N–H and O–H groups in total. The largest absolute Gasteiger partial charge is 0.480 e. The Kier molecular flexibility index (Phi) is 3.46. The van der Waals surface area contributed by atoms with Crippen LogP contribution in [0.5, 0.6) is 0 Å². The molecule has 0 rings (SSSR count). The number of hydrogen-bond donors (Lipinski definition) is 1. The van der Waals surface area contributed by atoms with Gasteiger partial charge >= 0.3 is 5.97 Å². The van der Waals surface area contributed by atoms with E-state index in [2.05, 4.69) is 0 Å². The van der Waals surface area contributed by atoms with Gasteiger partial charge in [0.25, 0.3) is 0 Å². The molecule has 4 nitrogen and oxygen atoms in total. The lowest BCUT2D eigenvalue weighted by Crippen LogP contribution is -2.52. The van der Waals surface area contributed by atoms with Gasteiger partial charge in [0.2, 0.25) is 5.91 Å². The maximum Gasteiger partial charge on any atom is 0.329 e.